The molecule has 0 aromatic rings. The third-order valence-electron chi connectivity index (χ3n) is 2.68. The van der Waals surface area contributed by atoms with Crippen molar-refractivity contribution in [1.82, 2.24) is 4.72 Å². The molecule has 0 saturated heterocycles. The van der Waals surface area contributed by atoms with Gasteiger partial charge in [0.2, 0.25) is 11.3 Å². The molecule has 0 heterocycles. The average Bonchev–Trinajstić information content (AvgIpc) is 2.34. The van der Waals surface area contributed by atoms with E-state index in [1.807, 2.05) is 0 Å². The average molecular weight is 191 g/mol. The van der Waals surface area contributed by atoms with E-state index in [1.54, 1.807) is 0 Å². The molecule has 1 fully saturated rings. The molecule has 0 bridgehead atoms. The Bertz CT molecular complexity index is 172. The van der Waals surface area contributed by atoms with E-state index >= 15 is 0 Å². The molecule has 3 nitrogen and oxygen atoms in total. The van der Waals surface area contributed by atoms with E-state index < -0.39 is 11.3 Å². The van der Waals surface area contributed by atoms with Crippen LogP contribution in [-0.2, 0) is 11.3 Å². The molecule has 2 N–H and O–H groups in total. The van der Waals surface area contributed by atoms with Gasteiger partial charge in [0.1, 0.15) is 0 Å². The molecule has 1 saturated carbocycles. The van der Waals surface area contributed by atoms with Gasteiger partial charge in [-0.25, -0.2) is 8.93 Å². The zero-order valence-corrected chi connectivity index (χ0v) is 8.43. The van der Waals surface area contributed by atoms with E-state index in [4.69, 9.17) is 4.55 Å². The van der Waals surface area contributed by atoms with Crippen molar-refractivity contribution in [2.75, 3.05) is 0 Å². The predicted molar refractivity (Wildman–Crippen MR) is 49.9 cm³/mol. The van der Waals surface area contributed by atoms with Gasteiger partial charge in [-0.2, -0.15) is 0 Å². The van der Waals surface area contributed by atoms with Crippen LogP contribution < -0.4 is 4.72 Å². The first-order chi connectivity index (χ1) is 5.59. The summed E-state index contributed by atoms with van der Waals surface area (Å²) < 4.78 is 21.7. The lowest BCUT2D eigenvalue weighted by atomic mass is 9.94. The second-order valence-corrected chi connectivity index (χ2v) is 4.62. The van der Waals surface area contributed by atoms with Crippen molar-refractivity contribution >= 4 is 11.3 Å². The number of hydrogen-bond donors (Lipinski definition) is 2. The summed E-state index contributed by atoms with van der Waals surface area (Å²) in [7, 11) is 0. The number of rotatable bonds is 3. The fourth-order valence-corrected chi connectivity index (χ4v) is 2.37. The highest BCUT2D eigenvalue weighted by atomic mass is 32.2. The normalized spacial score (nSPS) is 32.7. The Balaban J connectivity index is 2.30. The highest BCUT2D eigenvalue weighted by molar-refractivity contribution is 7.77. The Kier molecular flexibility index (Phi) is 3.68. The SMILES string of the molecule is CC(C)[C@@H]1CC[C@H](NS(=O)O)C1. The molecule has 1 aliphatic carbocycles. The molecular weight excluding hydrogens is 174 g/mol. The van der Waals surface area contributed by atoms with E-state index in [0.29, 0.717) is 5.92 Å². The summed E-state index contributed by atoms with van der Waals surface area (Å²) in [6, 6.07) is 0.253. The van der Waals surface area contributed by atoms with Crippen LogP contribution >= 0.6 is 0 Å². The first-order valence-electron chi connectivity index (χ1n) is 4.46. The minimum Gasteiger partial charge on any atom is -0.294 e. The lowest BCUT2D eigenvalue weighted by Gasteiger charge is -2.13. The zero-order chi connectivity index (χ0) is 9.14. The van der Waals surface area contributed by atoms with Crippen LogP contribution in [-0.4, -0.2) is 14.8 Å². The molecular formula is C8H17NO2S. The van der Waals surface area contributed by atoms with E-state index in [-0.39, 0.29) is 6.04 Å². The topological polar surface area (TPSA) is 49.3 Å². The maximum absolute atomic E-state index is 10.4. The molecule has 0 aromatic heterocycles. The third-order valence-corrected chi connectivity index (χ3v) is 3.22. The van der Waals surface area contributed by atoms with Crippen molar-refractivity contribution < 1.29 is 8.76 Å². The van der Waals surface area contributed by atoms with Crippen LogP contribution in [0.5, 0.6) is 0 Å². The summed E-state index contributed by atoms with van der Waals surface area (Å²) in [5.41, 5.74) is 0. The van der Waals surface area contributed by atoms with Crippen molar-refractivity contribution in [2.24, 2.45) is 11.8 Å². The quantitative estimate of drug-likeness (QED) is 0.665. The summed E-state index contributed by atoms with van der Waals surface area (Å²) in [5.74, 6) is 1.43. The number of nitrogens with one attached hydrogen (secondary N) is 1. The van der Waals surface area contributed by atoms with Crippen LogP contribution in [0, 0.1) is 11.8 Å². The van der Waals surface area contributed by atoms with Gasteiger partial charge in [0.25, 0.3) is 0 Å². The monoisotopic (exact) mass is 191 g/mol. The smallest absolute Gasteiger partial charge is 0.231 e. The highest BCUT2D eigenvalue weighted by Crippen LogP contribution is 2.31. The fourth-order valence-electron chi connectivity index (χ4n) is 1.87. The van der Waals surface area contributed by atoms with Gasteiger partial charge in [-0.15, -0.1) is 0 Å². The Morgan fingerprint density at radius 2 is 2.17 bits per heavy atom. The van der Waals surface area contributed by atoms with E-state index in [9.17, 15) is 4.21 Å². The first-order valence-corrected chi connectivity index (χ1v) is 5.57. The summed E-state index contributed by atoms with van der Waals surface area (Å²) in [4.78, 5) is 0. The fraction of sp³-hybridized carbons (Fsp3) is 1.00. The van der Waals surface area contributed by atoms with Gasteiger partial charge in [0.15, 0.2) is 0 Å². The highest BCUT2D eigenvalue weighted by Gasteiger charge is 2.27. The minimum atomic E-state index is -1.83. The van der Waals surface area contributed by atoms with Gasteiger partial charge in [-0.05, 0) is 31.1 Å². The van der Waals surface area contributed by atoms with Crippen LogP contribution in [0.25, 0.3) is 0 Å². The van der Waals surface area contributed by atoms with Crippen molar-refractivity contribution in [1.29, 1.82) is 0 Å². The number of hydrogen-bond acceptors (Lipinski definition) is 1. The molecule has 1 rings (SSSR count). The van der Waals surface area contributed by atoms with Crippen molar-refractivity contribution in [2.45, 2.75) is 39.2 Å². The maximum Gasteiger partial charge on any atom is 0.231 e. The summed E-state index contributed by atoms with van der Waals surface area (Å²) in [6.45, 7) is 4.42. The molecule has 3 atom stereocenters. The molecule has 0 aliphatic heterocycles. The summed E-state index contributed by atoms with van der Waals surface area (Å²) >= 11 is -1.83. The molecule has 72 valence electrons. The predicted octanol–water partition coefficient (Wildman–Crippen LogP) is 1.54. The van der Waals surface area contributed by atoms with Crippen LogP contribution in [0.15, 0.2) is 0 Å². The van der Waals surface area contributed by atoms with E-state index in [2.05, 4.69) is 18.6 Å². The molecule has 1 unspecified atom stereocenters. The van der Waals surface area contributed by atoms with Crippen molar-refractivity contribution in [3.63, 3.8) is 0 Å². The van der Waals surface area contributed by atoms with Crippen LogP contribution in [0.3, 0.4) is 0 Å². The van der Waals surface area contributed by atoms with Crippen LogP contribution in [0.4, 0.5) is 0 Å². The largest absolute Gasteiger partial charge is 0.294 e. The molecule has 0 aromatic carbocycles. The van der Waals surface area contributed by atoms with Gasteiger partial charge in [-0.3, -0.25) is 4.55 Å². The minimum absolute atomic E-state index is 0.253. The van der Waals surface area contributed by atoms with E-state index in [0.717, 1.165) is 18.8 Å². The second-order valence-electron chi connectivity index (χ2n) is 3.88. The summed E-state index contributed by atoms with van der Waals surface area (Å²) in [5, 5.41) is 0. The second kappa shape index (κ2) is 4.35. The standard InChI is InChI=1S/C8H17NO2S/c1-6(2)7-3-4-8(5-7)9-12(10)11/h6-9H,3-5H2,1-2H3,(H,10,11)/t7-,8+/m1/s1. The molecule has 4 heteroatoms. The Morgan fingerprint density at radius 3 is 2.58 bits per heavy atom. The lowest BCUT2D eigenvalue weighted by Crippen LogP contribution is -2.28. The zero-order valence-electron chi connectivity index (χ0n) is 7.62. The maximum atomic E-state index is 10.4. The van der Waals surface area contributed by atoms with Crippen LogP contribution in [0.2, 0.25) is 0 Å². The third kappa shape index (κ3) is 2.84. The van der Waals surface area contributed by atoms with Gasteiger partial charge in [0.05, 0.1) is 0 Å². The molecule has 0 spiro atoms. The van der Waals surface area contributed by atoms with Gasteiger partial charge >= 0.3 is 0 Å². The Hall–Kier alpha value is 0.0700. The molecule has 0 amide bonds. The molecule has 1 aliphatic rings. The molecule has 0 radical (unpaired) electrons. The van der Waals surface area contributed by atoms with Crippen LogP contribution in [0.1, 0.15) is 33.1 Å². The van der Waals surface area contributed by atoms with Gasteiger partial charge in [-0.1, -0.05) is 13.8 Å². The molecule has 12 heavy (non-hydrogen) atoms. The Morgan fingerprint density at radius 1 is 1.50 bits per heavy atom. The van der Waals surface area contributed by atoms with Crippen molar-refractivity contribution in [3.05, 3.63) is 0 Å². The van der Waals surface area contributed by atoms with Gasteiger partial charge < -0.3 is 0 Å². The Labute approximate surface area is 76.4 Å². The summed E-state index contributed by atoms with van der Waals surface area (Å²) in [6.07, 6.45) is 3.27. The van der Waals surface area contributed by atoms with Gasteiger partial charge in [0, 0.05) is 6.04 Å². The lowest BCUT2D eigenvalue weighted by molar-refractivity contribution is 0.388. The van der Waals surface area contributed by atoms with Crippen molar-refractivity contribution in [3.8, 4) is 0 Å². The first kappa shape index (κ1) is 10.2. The van der Waals surface area contributed by atoms with E-state index in [1.165, 1.54) is 6.42 Å².